The number of alkyl halides is 3. The summed E-state index contributed by atoms with van der Waals surface area (Å²) < 4.78 is 46.6. The van der Waals surface area contributed by atoms with Crippen molar-refractivity contribution in [3.05, 3.63) is 53.1 Å². The summed E-state index contributed by atoms with van der Waals surface area (Å²) in [6, 6.07) is 5.96. The highest BCUT2D eigenvalue weighted by Gasteiger charge is 2.38. The number of hydrogen-bond acceptors (Lipinski definition) is 6. The van der Waals surface area contributed by atoms with Gasteiger partial charge in [-0.2, -0.15) is 18.3 Å². The predicted molar refractivity (Wildman–Crippen MR) is 110 cm³/mol. The maximum atomic E-state index is 13.2. The maximum Gasteiger partial charge on any atom is 0.490 e. The number of rotatable bonds is 5. The number of aliphatic carboxylic acids is 1. The normalized spacial score (nSPS) is 12.3. The van der Waals surface area contributed by atoms with Gasteiger partial charge >= 0.3 is 18.1 Å². The number of carboxylic acids is 2. The Labute approximate surface area is 189 Å². The molecule has 0 radical (unpaired) electrons. The lowest BCUT2D eigenvalue weighted by Crippen LogP contribution is -2.21. The molecule has 4 N–H and O–H groups in total. The van der Waals surface area contributed by atoms with Crippen molar-refractivity contribution in [1.29, 1.82) is 0 Å². The minimum atomic E-state index is -5.08. The molecule has 34 heavy (non-hydrogen) atoms. The molecule has 13 heteroatoms. The van der Waals surface area contributed by atoms with Gasteiger partial charge in [0.1, 0.15) is 5.82 Å². The number of aryl methyl sites for hydroxylation is 2. The van der Waals surface area contributed by atoms with E-state index in [4.69, 9.17) is 15.6 Å². The number of nitrogens with zero attached hydrogens (tertiary/aromatic N) is 4. The van der Waals surface area contributed by atoms with E-state index in [9.17, 15) is 27.5 Å². The summed E-state index contributed by atoms with van der Waals surface area (Å²) in [5.41, 5.74) is 9.40. The molecule has 2 aromatic heterocycles. The van der Waals surface area contributed by atoms with Gasteiger partial charge in [0.2, 0.25) is 0 Å². The van der Waals surface area contributed by atoms with Crippen LogP contribution in [0.5, 0.6) is 0 Å². The van der Waals surface area contributed by atoms with E-state index >= 15 is 0 Å². The Hall–Kier alpha value is -3.87. The topological polar surface area (TPSA) is 144 Å². The van der Waals surface area contributed by atoms with E-state index in [2.05, 4.69) is 15.1 Å². The molecule has 0 spiro atoms. The Morgan fingerprint density at radius 2 is 1.76 bits per heavy atom. The van der Waals surface area contributed by atoms with Crippen LogP contribution in [0.4, 0.5) is 17.6 Å². The molecule has 1 aliphatic carbocycles. The lowest BCUT2D eigenvalue weighted by molar-refractivity contribution is -0.192. The molecule has 4 rings (SSSR count). The van der Waals surface area contributed by atoms with E-state index in [0.29, 0.717) is 60.7 Å². The third kappa shape index (κ3) is 5.36. The summed E-state index contributed by atoms with van der Waals surface area (Å²) in [7, 11) is 0. The van der Waals surface area contributed by atoms with Gasteiger partial charge < -0.3 is 15.9 Å². The molecule has 0 bridgehead atoms. The second-order valence-corrected chi connectivity index (χ2v) is 7.22. The first-order valence-electron chi connectivity index (χ1n) is 9.98. The van der Waals surface area contributed by atoms with Crippen LogP contribution in [0.1, 0.15) is 28.0 Å². The van der Waals surface area contributed by atoms with Crippen LogP contribution in [-0.2, 0) is 24.2 Å². The van der Waals surface area contributed by atoms with E-state index < -0.39 is 18.1 Å². The second kappa shape index (κ2) is 9.95. The standard InChI is InChI=1S/C19H18FN5O2.C2HF3O2/c20-13-5-2-11(3-6-13)18-22-10-12-4-7-14-16(19(26)27)24-25(9-1-8-21)17(14)15(12)23-18;3-2(4,5)1(6)7/h2-3,5-6,10H,1,4,7-9,21H2,(H,26,27);(H,6,7). The van der Waals surface area contributed by atoms with Gasteiger partial charge in [0.15, 0.2) is 11.5 Å². The first-order chi connectivity index (χ1) is 16.0. The number of aromatic carboxylic acids is 1. The van der Waals surface area contributed by atoms with Gasteiger partial charge in [0, 0.05) is 23.9 Å². The fourth-order valence-electron chi connectivity index (χ4n) is 3.37. The summed E-state index contributed by atoms with van der Waals surface area (Å²) in [5.74, 6) is -3.67. The summed E-state index contributed by atoms with van der Waals surface area (Å²) >= 11 is 0. The van der Waals surface area contributed by atoms with E-state index in [0.717, 1.165) is 5.56 Å². The minimum Gasteiger partial charge on any atom is -0.476 e. The van der Waals surface area contributed by atoms with Crippen molar-refractivity contribution in [2.75, 3.05) is 6.54 Å². The number of carboxylic acid groups (broad SMARTS) is 2. The molecule has 0 aliphatic heterocycles. The van der Waals surface area contributed by atoms with Gasteiger partial charge in [-0.15, -0.1) is 0 Å². The van der Waals surface area contributed by atoms with Gasteiger partial charge in [0.05, 0.1) is 11.4 Å². The molecule has 0 saturated heterocycles. The molecule has 0 atom stereocenters. The smallest absolute Gasteiger partial charge is 0.476 e. The number of aromatic nitrogens is 4. The number of halogens is 4. The fraction of sp³-hybridized carbons (Fsp3) is 0.286. The van der Waals surface area contributed by atoms with Crippen LogP contribution in [-0.4, -0.2) is 54.6 Å². The van der Waals surface area contributed by atoms with E-state index in [-0.39, 0.29) is 11.5 Å². The quantitative estimate of drug-likeness (QED) is 0.472. The van der Waals surface area contributed by atoms with Gasteiger partial charge in [-0.25, -0.2) is 23.9 Å². The molecule has 0 saturated carbocycles. The zero-order valence-corrected chi connectivity index (χ0v) is 17.5. The fourth-order valence-corrected chi connectivity index (χ4v) is 3.37. The van der Waals surface area contributed by atoms with Crippen molar-refractivity contribution in [2.24, 2.45) is 5.73 Å². The Morgan fingerprint density at radius 1 is 1.12 bits per heavy atom. The highest BCUT2D eigenvalue weighted by atomic mass is 19.4. The van der Waals surface area contributed by atoms with Crippen molar-refractivity contribution in [3.63, 3.8) is 0 Å². The van der Waals surface area contributed by atoms with Crippen LogP contribution in [0.2, 0.25) is 0 Å². The Morgan fingerprint density at radius 3 is 2.32 bits per heavy atom. The van der Waals surface area contributed by atoms with Crippen LogP contribution in [0.15, 0.2) is 30.5 Å². The molecule has 9 nitrogen and oxygen atoms in total. The summed E-state index contributed by atoms with van der Waals surface area (Å²) in [6.07, 6.45) is -1.43. The molecule has 3 aromatic rings. The number of fused-ring (bicyclic) bond motifs is 3. The van der Waals surface area contributed by atoms with Crippen molar-refractivity contribution < 1.29 is 37.4 Å². The molecular weight excluding hydrogens is 462 g/mol. The molecule has 1 aromatic carbocycles. The summed E-state index contributed by atoms with van der Waals surface area (Å²) in [4.78, 5) is 29.6. The SMILES string of the molecule is NCCCn1nc(C(=O)O)c2c1-c1nc(-c3ccc(F)cc3)ncc1CC2.O=C(O)C(F)(F)F. The molecule has 0 unspecified atom stereocenters. The lowest BCUT2D eigenvalue weighted by atomic mass is 9.93. The minimum absolute atomic E-state index is 0.0645. The first-order valence-corrected chi connectivity index (χ1v) is 9.98. The van der Waals surface area contributed by atoms with Crippen molar-refractivity contribution in [2.45, 2.75) is 32.0 Å². The zero-order chi connectivity index (χ0) is 25.0. The highest BCUT2D eigenvalue weighted by Crippen LogP contribution is 2.35. The lowest BCUT2D eigenvalue weighted by Gasteiger charge is -2.18. The molecule has 180 valence electrons. The Balaban J connectivity index is 0.000000406. The predicted octanol–water partition coefficient (Wildman–Crippen LogP) is 2.93. The summed E-state index contributed by atoms with van der Waals surface area (Å²) in [5, 5.41) is 20.9. The van der Waals surface area contributed by atoms with Crippen molar-refractivity contribution >= 4 is 11.9 Å². The Kier molecular flexibility index (Phi) is 7.25. The number of hydrogen-bond donors (Lipinski definition) is 3. The molecule has 1 aliphatic rings. The summed E-state index contributed by atoms with van der Waals surface area (Å²) in [6.45, 7) is 0.996. The van der Waals surface area contributed by atoms with Gasteiger partial charge in [-0.3, -0.25) is 4.68 Å². The molecule has 0 fully saturated rings. The van der Waals surface area contributed by atoms with Crippen LogP contribution >= 0.6 is 0 Å². The Bertz CT molecular complexity index is 1210. The third-order valence-corrected chi connectivity index (χ3v) is 4.91. The van der Waals surface area contributed by atoms with E-state index in [1.807, 2.05) is 0 Å². The molecule has 0 amide bonds. The molecular formula is C21H19F4N5O4. The first kappa shape index (κ1) is 24.8. The number of nitrogens with two attached hydrogens (primary N) is 1. The van der Waals surface area contributed by atoms with Crippen LogP contribution in [0, 0.1) is 5.82 Å². The number of benzene rings is 1. The van der Waals surface area contributed by atoms with Gasteiger partial charge in [-0.1, -0.05) is 0 Å². The average Bonchev–Trinajstić information content (AvgIpc) is 3.17. The van der Waals surface area contributed by atoms with E-state index in [1.165, 1.54) is 12.1 Å². The third-order valence-electron chi connectivity index (χ3n) is 4.91. The maximum absolute atomic E-state index is 13.2. The molecule has 2 heterocycles. The monoisotopic (exact) mass is 481 g/mol. The van der Waals surface area contributed by atoms with Crippen molar-refractivity contribution in [1.82, 2.24) is 19.7 Å². The average molecular weight is 481 g/mol. The number of carbonyl (C=O) groups is 2. The van der Waals surface area contributed by atoms with Gasteiger partial charge in [-0.05, 0) is 55.6 Å². The van der Waals surface area contributed by atoms with Crippen LogP contribution in [0.3, 0.4) is 0 Å². The largest absolute Gasteiger partial charge is 0.490 e. The van der Waals surface area contributed by atoms with Crippen LogP contribution in [0.25, 0.3) is 22.8 Å². The van der Waals surface area contributed by atoms with Crippen molar-refractivity contribution in [3.8, 4) is 22.8 Å². The van der Waals surface area contributed by atoms with E-state index in [1.54, 1.807) is 23.0 Å². The second-order valence-electron chi connectivity index (χ2n) is 7.22. The van der Waals surface area contributed by atoms with Crippen LogP contribution < -0.4 is 5.73 Å². The zero-order valence-electron chi connectivity index (χ0n) is 17.5. The highest BCUT2D eigenvalue weighted by molar-refractivity contribution is 5.90. The van der Waals surface area contributed by atoms with Gasteiger partial charge in [0.25, 0.3) is 0 Å².